The number of hydrogen-bond donors (Lipinski definition) is 3. The van der Waals surface area contributed by atoms with Crippen molar-refractivity contribution in [3.63, 3.8) is 0 Å². The van der Waals surface area contributed by atoms with Gasteiger partial charge < -0.3 is 10.6 Å². The van der Waals surface area contributed by atoms with Gasteiger partial charge in [-0.15, -0.1) is 0 Å². The molecule has 98 valence electrons. The topological polar surface area (TPSA) is 99.8 Å². The molecule has 3 N–H and O–H groups in total. The van der Waals surface area contributed by atoms with Gasteiger partial charge in [-0.05, 0) is 12.1 Å². The Morgan fingerprint density at radius 1 is 1.37 bits per heavy atom. The average molecular weight is 280 g/mol. The van der Waals surface area contributed by atoms with Gasteiger partial charge in [0.1, 0.15) is 5.82 Å². The lowest BCUT2D eigenvalue weighted by Gasteiger charge is -2.07. The third kappa shape index (κ3) is 3.08. The molecule has 2 heterocycles. The van der Waals surface area contributed by atoms with E-state index in [4.69, 9.17) is 11.6 Å². The summed E-state index contributed by atoms with van der Waals surface area (Å²) in [6, 6.07) is 4.17. The van der Waals surface area contributed by atoms with Gasteiger partial charge in [-0.1, -0.05) is 11.6 Å². The standard InChI is InChI=1S/C11H10ClN5O2/c1-13-9-4-6(7(12)5-14-9)11(19)15-8-2-3-10(18)17-16-8/h2-5H,1H3,(H,13,14)(H,17,18)(H,15,16,19). The van der Waals surface area contributed by atoms with Crippen LogP contribution in [0.1, 0.15) is 10.4 Å². The van der Waals surface area contributed by atoms with E-state index in [2.05, 4.69) is 25.8 Å². The molecule has 19 heavy (non-hydrogen) atoms. The van der Waals surface area contributed by atoms with Gasteiger partial charge in [0.25, 0.3) is 11.5 Å². The zero-order valence-corrected chi connectivity index (χ0v) is 10.7. The molecule has 7 nitrogen and oxygen atoms in total. The van der Waals surface area contributed by atoms with Crippen LogP contribution in [0.15, 0.2) is 29.2 Å². The molecule has 2 rings (SSSR count). The van der Waals surface area contributed by atoms with Crippen molar-refractivity contribution in [3.05, 3.63) is 45.3 Å². The first kappa shape index (κ1) is 13.0. The highest BCUT2D eigenvalue weighted by molar-refractivity contribution is 6.34. The molecule has 0 saturated carbocycles. The van der Waals surface area contributed by atoms with Gasteiger partial charge in [0.15, 0.2) is 5.82 Å². The third-order valence-electron chi connectivity index (χ3n) is 2.28. The minimum absolute atomic E-state index is 0.223. The normalized spacial score (nSPS) is 10.0. The lowest BCUT2D eigenvalue weighted by atomic mass is 10.2. The number of pyridine rings is 1. The largest absolute Gasteiger partial charge is 0.373 e. The number of nitrogens with one attached hydrogen (secondary N) is 3. The fourth-order valence-corrected chi connectivity index (χ4v) is 1.54. The number of nitrogens with zero attached hydrogens (tertiary/aromatic N) is 2. The molecule has 0 atom stereocenters. The van der Waals surface area contributed by atoms with Gasteiger partial charge in [0.2, 0.25) is 0 Å². The van der Waals surface area contributed by atoms with Crippen LogP contribution >= 0.6 is 11.6 Å². The molecule has 0 spiro atoms. The second-order valence-electron chi connectivity index (χ2n) is 3.56. The molecule has 0 aliphatic rings. The molecule has 8 heteroatoms. The summed E-state index contributed by atoms with van der Waals surface area (Å²) in [6.07, 6.45) is 1.38. The van der Waals surface area contributed by atoms with Crippen LogP contribution in [0.3, 0.4) is 0 Å². The van der Waals surface area contributed by atoms with Crippen molar-refractivity contribution in [2.45, 2.75) is 0 Å². The Bertz CT molecular complexity index is 650. The molecule has 0 aromatic carbocycles. The lowest BCUT2D eigenvalue weighted by molar-refractivity contribution is 0.102. The van der Waals surface area contributed by atoms with E-state index in [-0.39, 0.29) is 22.0 Å². The zero-order valence-electron chi connectivity index (χ0n) is 9.90. The van der Waals surface area contributed by atoms with Crippen molar-refractivity contribution < 1.29 is 4.79 Å². The molecular formula is C11H10ClN5O2. The summed E-state index contributed by atoms with van der Waals surface area (Å²) < 4.78 is 0. The van der Waals surface area contributed by atoms with Crippen LogP contribution in [-0.4, -0.2) is 28.1 Å². The molecule has 0 radical (unpaired) electrons. The van der Waals surface area contributed by atoms with Crippen LogP contribution in [0.2, 0.25) is 5.02 Å². The zero-order chi connectivity index (χ0) is 13.8. The highest BCUT2D eigenvalue weighted by Crippen LogP contribution is 2.18. The van der Waals surface area contributed by atoms with E-state index in [1.807, 2.05) is 0 Å². The molecule has 0 unspecified atom stereocenters. The summed E-state index contributed by atoms with van der Waals surface area (Å²) in [5, 5.41) is 11.4. The van der Waals surface area contributed by atoms with Crippen LogP contribution in [0.25, 0.3) is 0 Å². The molecular weight excluding hydrogens is 270 g/mol. The molecule has 2 aromatic heterocycles. The summed E-state index contributed by atoms with van der Waals surface area (Å²) in [5.74, 6) is 0.302. The number of aromatic amines is 1. The van der Waals surface area contributed by atoms with E-state index >= 15 is 0 Å². The molecule has 0 aliphatic heterocycles. The summed E-state index contributed by atoms with van der Waals surface area (Å²) in [6.45, 7) is 0. The smallest absolute Gasteiger partial charge is 0.264 e. The number of carbonyl (C=O) groups is 1. The van der Waals surface area contributed by atoms with Gasteiger partial charge in [-0.25, -0.2) is 10.1 Å². The minimum Gasteiger partial charge on any atom is -0.373 e. The Balaban J connectivity index is 2.24. The minimum atomic E-state index is -0.441. The van der Waals surface area contributed by atoms with Gasteiger partial charge in [0.05, 0.1) is 10.6 Å². The highest BCUT2D eigenvalue weighted by atomic mass is 35.5. The quantitative estimate of drug-likeness (QED) is 0.781. The maximum Gasteiger partial charge on any atom is 0.264 e. The second kappa shape index (κ2) is 5.49. The Morgan fingerprint density at radius 3 is 2.79 bits per heavy atom. The summed E-state index contributed by atoms with van der Waals surface area (Å²) in [7, 11) is 1.68. The molecule has 2 aromatic rings. The van der Waals surface area contributed by atoms with Crippen molar-refractivity contribution in [3.8, 4) is 0 Å². The van der Waals surface area contributed by atoms with Gasteiger partial charge in [0, 0.05) is 19.3 Å². The Morgan fingerprint density at radius 2 is 2.16 bits per heavy atom. The fourth-order valence-electron chi connectivity index (χ4n) is 1.35. The number of H-pyrrole nitrogens is 1. The maximum absolute atomic E-state index is 12.0. The summed E-state index contributed by atoms with van der Waals surface area (Å²) in [5.41, 5.74) is -0.0913. The summed E-state index contributed by atoms with van der Waals surface area (Å²) >= 11 is 5.91. The monoisotopic (exact) mass is 279 g/mol. The van der Waals surface area contributed by atoms with Crippen molar-refractivity contribution in [2.24, 2.45) is 0 Å². The number of hydrogen-bond acceptors (Lipinski definition) is 5. The highest BCUT2D eigenvalue weighted by Gasteiger charge is 2.12. The number of aromatic nitrogens is 3. The number of halogens is 1. The van der Waals surface area contributed by atoms with Crippen LogP contribution in [0, 0.1) is 0 Å². The first-order valence-corrected chi connectivity index (χ1v) is 5.68. The molecule has 0 fully saturated rings. The fraction of sp³-hybridized carbons (Fsp3) is 0.0909. The number of amides is 1. The molecule has 1 amide bonds. The van der Waals surface area contributed by atoms with Crippen LogP contribution in [0.5, 0.6) is 0 Å². The predicted molar refractivity (Wildman–Crippen MR) is 71.6 cm³/mol. The predicted octanol–water partition coefficient (Wildman–Crippen LogP) is 1.11. The van der Waals surface area contributed by atoms with Gasteiger partial charge in [-0.2, -0.15) is 5.10 Å². The van der Waals surface area contributed by atoms with E-state index < -0.39 is 5.91 Å². The number of rotatable bonds is 3. The Labute approximate surface area is 113 Å². The third-order valence-corrected chi connectivity index (χ3v) is 2.58. The van der Waals surface area contributed by atoms with E-state index in [9.17, 15) is 9.59 Å². The van der Waals surface area contributed by atoms with Crippen LogP contribution in [0.4, 0.5) is 11.6 Å². The molecule has 0 saturated heterocycles. The Hall–Kier alpha value is -2.41. The average Bonchev–Trinajstić information content (AvgIpc) is 2.42. The summed E-state index contributed by atoms with van der Waals surface area (Å²) in [4.78, 5) is 26.8. The van der Waals surface area contributed by atoms with Crippen LogP contribution < -0.4 is 16.2 Å². The van der Waals surface area contributed by atoms with E-state index in [0.717, 1.165) is 0 Å². The van der Waals surface area contributed by atoms with Crippen molar-refractivity contribution in [2.75, 3.05) is 17.7 Å². The Kier molecular flexibility index (Phi) is 3.76. The van der Waals surface area contributed by atoms with E-state index in [0.29, 0.717) is 5.82 Å². The van der Waals surface area contributed by atoms with Crippen LogP contribution in [-0.2, 0) is 0 Å². The molecule has 0 bridgehead atoms. The van der Waals surface area contributed by atoms with E-state index in [1.165, 1.54) is 24.4 Å². The number of anilines is 2. The first-order valence-electron chi connectivity index (χ1n) is 5.30. The lowest BCUT2D eigenvalue weighted by Crippen LogP contribution is -2.16. The number of carbonyl (C=O) groups excluding carboxylic acids is 1. The van der Waals surface area contributed by atoms with Crippen molar-refractivity contribution in [1.82, 2.24) is 15.2 Å². The van der Waals surface area contributed by atoms with Crippen molar-refractivity contribution in [1.29, 1.82) is 0 Å². The van der Waals surface area contributed by atoms with Gasteiger partial charge in [-0.3, -0.25) is 9.59 Å². The van der Waals surface area contributed by atoms with E-state index in [1.54, 1.807) is 7.05 Å². The SMILES string of the molecule is CNc1cc(C(=O)Nc2ccc(=O)[nH]n2)c(Cl)cn1. The van der Waals surface area contributed by atoms with Crippen molar-refractivity contribution >= 4 is 29.1 Å². The first-order chi connectivity index (χ1) is 9.10. The maximum atomic E-state index is 12.0. The molecule has 0 aliphatic carbocycles. The van der Waals surface area contributed by atoms with Gasteiger partial charge >= 0.3 is 0 Å². The second-order valence-corrected chi connectivity index (χ2v) is 3.97.